The van der Waals surface area contributed by atoms with Gasteiger partial charge in [0, 0.05) is 37.5 Å². The van der Waals surface area contributed by atoms with Gasteiger partial charge in [0.2, 0.25) is 5.91 Å². The van der Waals surface area contributed by atoms with Crippen LogP contribution >= 0.6 is 0 Å². The SMILES string of the molecule is CCC(=O)Nc1cncc(-c2ncc3[nH]nc(-c4nc5c(N6CCCCC6)nccc5[nH]4)c3c2F)c1. The number of anilines is 2. The number of pyridine rings is 3. The number of aromatic amines is 2. The molecule has 3 N–H and O–H groups in total. The maximum absolute atomic E-state index is 15.9. The molecule has 182 valence electrons. The Hall–Kier alpha value is -4.41. The molecule has 0 unspecified atom stereocenters. The lowest BCUT2D eigenvalue weighted by atomic mass is 10.1. The molecule has 0 spiro atoms. The van der Waals surface area contributed by atoms with Crippen molar-refractivity contribution in [2.24, 2.45) is 0 Å². The Labute approximate surface area is 205 Å². The highest BCUT2D eigenvalue weighted by Gasteiger charge is 2.23. The van der Waals surface area contributed by atoms with Crippen LogP contribution in [0.3, 0.4) is 0 Å². The number of aromatic nitrogens is 7. The minimum absolute atomic E-state index is 0.108. The number of piperidine rings is 1. The first-order valence-electron chi connectivity index (χ1n) is 12.0. The lowest BCUT2D eigenvalue weighted by Crippen LogP contribution is -2.30. The van der Waals surface area contributed by atoms with Crippen molar-refractivity contribution in [1.29, 1.82) is 0 Å². The van der Waals surface area contributed by atoms with Crippen LogP contribution in [0.2, 0.25) is 0 Å². The van der Waals surface area contributed by atoms with Gasteiger partial charge in [0.1, 0.15) is 16.9 Å². The number of H-pyrrole nitrogens is 2. The molecule has 0 radical (unpaired) electrons. The Morgan fingerprint density at radius 3 is 2.81 bits per heavy atom. The smallest absolute Gasteiger partial charge is 0.224 e. The molecule has 36 heavy (non-hydrogen) atoms. The molecule has 0 aliphatic carbocycles. The summed E-state index contributed by atoms with van der Waals surface area (Å²) in [6.07, 6.45) is 10.1. The van der Waals surface area contributed by atoms with E-state index >= 15 is 4.39 Å². The van der Waals surface area contributed by atoms with Gasteiger partial charge in [-0.1, -0.05) is 6.92 Å². The fourth-order valence-electron chi connectivity index (χ4n) is 4.61. The maximum atomic E-state index is 15.9. The molecule has 1 amide bonds. The van der Waals surface area contributed by atoms with Crippen LogP contribution in [0, 0.1) is 5.82 Å². The average Bonchev–Trinajstić information content (AvgIpc) is 3.54. The number of nitrogens with one attached hydrogen (secondary N) is 3. The van der Waals surface area contributed by atoms with Crippen LogP contribution in [0.15, 0.2) is 36.9 Å². The highest BCUT2D eigenvalue weighted by Crippen LogP contribution is 2.34. The number of hydrogen-bond acceptors (Lipinski definition) is 7. The van der Waals surface area contributed by atoms with E-state index in [9.17, 15) is 4.79 Å². The van der Waals surface area contributed by atoms with Crippen molar-refractivity contribution in [2.45, 2.75) is 32.6 Å². The van der Waals surface area contributed by atoms with Crippen molar-refractivity contribution in [3.8, 4) is 22.8 Å². The number of fused-ring (bicyclic) bond motifs is 2. The molecule has 6 rings (SSSR count). The summed E-state index contributed by atoms with van der Waals surface area (Å²) in [7, 11) is 0. The summed E-state index contributed by atoms with van der Waals surface area (Å²) in [4.78, 5) is 35.1. The van der Waals surface area contributed by atoms with Gasteiger partial charge in [0.15, 0.2) is 17.5 Å². The first kappa shape index (κ1) is 22.1. The molecule has 0 aromatic carbocycles. The fraction of sp³-hybridized carbons (Fsp3) is 0.280. The van der Waals surface area contributed by atoms with Gasteiger partial charge in [0.25, 0.3) is 0 Å². The third kappa shape index (κ3) is 3.82. The number of carbonyl (C=O) groups is 1. The van der Waals surface area contributed by atoms with E-state index in [0.29, 0.717) is 34.7 Å². The van der Waals surface area contributed by atoms with E-state index in [4.69, 9.17) is 4.98 Å². The van der Waals surface area contributed by atoms with E-state index in [-0.39, 0.29) is 17.0 Å². The Morgan fingerprint density at radius 2 is 1.97 bits per heavy atom. The number of nitrogens with zero attached hydrogens (tertiary/aromatic N) is 6. The highest BCUT2D eigenvalue weighted by atomic mass is 19.1. The van der Waals surface area contributed by atoms with E-state index in [1.165, 1.54) is 25.0 Å². The molecule has 0 bridgehead atoms. The minimum atomic E-state index is -0.549. The predicted molar refractivity (Wildman–Crippen MR) is 135 cm³/mol. The van der Waals surface area contributed by atoms with Gasteiger partial charge in [-0.2, -0.15) is 5.10 Å². The molecule has 1 aliphatic heterocycles. The minimum Gasteiger partial charge on any atom is -0.355 e. The van der Waals surface area contributed by atoms with Gasteiger partial charge in [-0.25, -0.2) is 14.4 Å². The largest absolute Gasteiger partial charge is 0.355 e. The zero-order chi connectivity index (χ0) is 24.6. The quantitative estimate of drug-likeness (QED) is 0.336. The van der Waals surface area contributed by atoms with E-state index in [1.54, 1.807) is 19.2 Å². The van der Waals surface area contributed by atoms with Crippen molar-refractivity contribution in [1.82, 2.24) is 35.1 Å². The molecular formula is C25H24FN9O. The summed E-state index contributed by atoms with van der Waals surface area (Å²) in [6, 6.07) is 3.51. The molecule has 6 heterocycles. The van der Waals surface area contributed by atoms with Crippen LogP contribution in [-0.2, 0) is 4.79 Å². The van der Waals surface area contributed by atoms with Crippen LogP contribution in [0.4, 0.5) is 15.9 Å². The number of imidazole rings is 1. The lowest BCUT2D eigenvalue weighted by molar-refractivity contribution is -0.115. The number of halogens is 1. The molecule has 5 aromatic rings. The molecule has 5 aromatic heterocycles. The summed E-state index contributed by atoms with van der Waals surface area (Å²) < 4.78 is 15.9. The van der Waals surface area contributed by atoms with Crippen LogP contribution in [0.25, 0.3) is 44.7 Å². The first-order valence-corrected chi connectivity index (χ1v) is 12.0. The Balaban J connectivity index is 1.43. The molecule has 1 fully saturated rings. The number of rotatable bonds is 5. The van der Waals surface area contributed by atoms with Gasteiger partial charge in [-0.3, -0.25) is 19.9 Å². The molecule has 11 heteroatoms. The van der Waals surface area contributed by atoms with Crippen LogP contribution in [-0.4, -0.2) is 54.1 Å². The van der Waals surface area contributed by atoms with Crippen LogP contribution < -0.4 is 10.2 Å². The second-order valence-corrected chi connectivity index (χ2v) is 8.81. The summed E-state index contributed by atoms with van der Waals surface area (Å²) in [5, 5.41) is 10.2. The van der Waals surface area contributed by atoms with Crippen molar-refractivity contribution < 1.29 is 9.18 Å². The van der Waals surface area contributed by atoms with Gasteiger partial charge < -0.3 is 15.2 Å². The van der Waals surface area contributed by atoms with Gasteiger partial charge >= 0.3 is 0 Å². The monoisotopic (exact) mass is 485 g/mol. The third-order valence-corrected chi connectivity index (χ3v) is 6.42. The zero-order valence-corrected chi connectivity index (χ0v) is 19.7. The number of carbonyl (C=O) groups excluding carboxylic acids is 1. The highest BCUT2D eigenvalue weighted by molar-refractivity contribution is 5.97. The van der Waals surface area contributed by atoms with E-state index in [1.807, 2.05) is 6.07 Å². The zero-order valence-electron chi connectivity index (χ0n) is 19.7. The number of hydrogen-bond donors (Lipinski definition) is 3. The molecule has 10 nitrogen and oxygen atoms in total. The average molecular weight is 486 g/mol. The van der Waals surface area contributed by atoms with E-state index in [0.717, 1.165) is 42.8 Å². The third-order valence-electron chi connectivity index (χ3n) is 6.42. The van der Waals surface area contributed by atoms with Crippen molar-refractivity contribution >= 4 is 39.3 Å². The Morgan fingerprint density at radius 1 is 1.11 bits per heavy atom. The van der Waals surface area contributed by atoms with Crippen LogP contribution in [0.1, 0.15) is 32.6 Å². The first-order chi connectivity index (χ1) is 17.6. The van der Waals surface area contributed by atoms with Gasteiger partial charge in [-0.05, 0) is 31.4 Å². The maximum Gasteiger partial charge on any atom is 0.224 e. The van der Waals surface area contributed by atoms with Gasteiger partial charge in [0.05, 0.1) is 34.5 Å². The second-order valence-electron chi connectivity index (χ2n) is 8.81. The second kappa shape index (κ2) is 8.99. The van der Waals surface area contributed by atoms with E-state index < -0.39 is 5.82 Å². The molecule has 1 aliphatic rings. The van der Waals surface area contributed by atoms with Crippen molar-refractivity contribution in [2.75, 3.05) is 23.3 Å². The standard InChI is InChI=1S/C25H24FN9O/c1-2-18(36)30-15-10-14(11-27-12-15)21-20(26)19-17(13-29-21)33-34-23(19)24-31-16-6-7-28-25(22(16)32-24)35-8-4-3-5-9-35/h6-7,10-13H,2-5,8-9H2,1H3,(H,30,36)(H,31,32)(H,33,34). The predicted octanol–water partition coefficient (Wildman–Crippen LogP) is 4.44. The van der Waals surface area contributed by atoms with Crippen molar-refractivity contribution in [3.05, 3.63) is 42.7 Å². The summed E-state index contributed by atoms with van der Waals surface area (Å²) in [5.74, 6) is 0.570. The van der Waals surface area contributed by atoms with Crippen LogP contribution in [0.5, 0.6) is 0 Å². The fourth-order valence-corrected chi connectivity index (χ4v) is 4.61. The Kier molecular flexibility index (Phi) is 5.51. The van der Waals surface area contributed by atoms with E-state index in [2.05, 4.69) is 40.3 Å². The molecular weight excluding hydrogens is 461 g/mol. The normalized spacial score (nSPS) is 14.0. The summed E-state index contributed by atoms with van der Waals surface area (Å²) in [5.41, 5.74) is 3.38. The number of amides is 1. The molecule has 0 atom stereocenters. The lowest BCUT2D eigenvalue weighted by Gasteiger charge is -2.27. The van der Waals surface area contributed by atoms with Gasteiger partial charge in [-0.15, -0.1) is 0 Å². The van der Waals surface area contributed by atoms with Crippen molar-refractivity contribution in [3.63, 3.8) is 0 Å². The summed E-state index contributed by atoms with van der Waals surface area (Å²) in [6.45, 7) is 3.63. The molecule has 0 saturated carbocycles. The Bertz CT molecular complexity index is 1590. The summed E-state index contributed by atoms with van der Waals surface area (Å²) >= 11 is 0. The molecule has 1 saturated heterocycles. The topological polar surface area (TPSA) is 128 Å².